The standard InChI is InChI=1S/C14H18F3NO/c1-19-13-7-5-11(6-8-13)18-12-4-2-3-10(9-12)14(15,16)17/h5-8,10,12,18H,2-4,9H2,1H3. The van der Waals surface area contributed by atoms with Crippen molar-refractivity contribution in [2.24, 2.45) is 5.92 Å². The van der Waals surface area contributed by atoms with Crippen LogP contribution in [0.3, 0.4) is 0 Å². The quantitative estimate of drug-likeness (QED) is 0.890. The Balaban J connectivity index is 1.94. The molecule has 0 amide bonds. The van der Waals surface area contributed by atoms with Gasteiger partial charge >= 0.3 is 6.18 Å². The lowest BCUT2D eigenvalue weighted by molar-refractivity contribution is -0.182. The molecule has 106 valence electrons. The molecule has 2 atom stereocenters. The van der Waals surface area contributed by atoms with Crippen LogP contribution in [0.2, 0.25) is 0 Å². The number of methoxy groups -OCH3 is 1. The third kappa shape index (κ3) is 3.78. The van der Waals surface area contributed by atoms with Crippen LogP contribution in [0.5, 0.6) is 5.75 Å². The van der Waals surface area contributed by atoms with E-state index < -0.39 is 12.1 Å². The van der Waals surface area contributed by atoms with Crippen molar-refractivity contribution in [3.63, 3.8) is 0 Å². The van der Waals surface area contributed by atoms with Crippen molar-refractivity contribution in [2.75, 3.05) is 12.4 Å². The van der Waals surface area contributed by atoms with E-state index in [1.54, 1.807) is 19.2 Å². The van der Waals surface area contributed by atoms with Crippen molar-refractivity contribution in [3.8, 4) is 5.75 Å². The van der Waals surface area contributed by atoms with Gasteiger partial charge in [0, 0.05) is 11.7 Å². The van der Waals surface area contributed by atoms with E-state index in [4.69, 9.17) is 4.74 Å². The maximum Gasteiger partial charge on any atom is 0.391 e. The van der Waals surface area contributed by atoms with Gasteiger partial charge in [-0.2, -0.15) is 13.2 Å². The number of benzene rings is 1. The second-order valence-electron chi connectivity index (χ2n) is 4.97. The molecule has 1 aliphatic carbocycles. The largest absolute Gasteiger partial charge is 0.497 e. The zero-order valence-corrected chi connectivity index (χ0v) is 10.8. The first kappa shape index (κ1) is 14.0. The van der Waals surface area contributed by atoms with Crippen molar-refractivity contribution < 1.29 is 17.9 Å². The van der Waals surface area contributed by atoms with Crippen molar-refractivity contribution in [1.82, 2.24) is 0 Å². The fraction of sp³-hybridized carbons (Fsp3) is 0.571. The van der Waals surface area contributed by atoms with E-state index in [2.05, 4.69) is 5.32 Å². The molecule has 0 spiro atoms. The summed E-state index contributed by atoms with van der Waals surface area (Å²) in [5.74, 6) is -0.431. The summed E-state index contributed by atoms with van der Waals surface area (Å²) in [7, 11) is 1.58. The first-order chi connectivity index (χ1) is 8.99. The fourth-order valence-corrected chi connectivity index (χ4v) is 2.54. The highest BCUT2D eigenvalue weighted by Gasteiger charge is 2.42. The molecule has 2 unspecified atom stereocenters. The van der Waals surface area contributed by atoms with Crippen molar-refractivity contribution in [2.45, 2.75) is 37.9 Å². The van der Waals surface area contributed by atoms with E-state index >= 15 is 0 Å². The molecule has 1 aromatic rings. The van der Waals surface area contributed by atoms with Gasteiger partial charge in [-0.15, -0.1) is 0 Å². The van der Waals surface area contributed by atoms with Crippen molar-refractivity contribution in [1.29, 1.82) is 0 Å². The molecule has 2 rings (SSSR count). The molecule has 1 fully saturated rings. The van der Waals surface area contributed by atoms with Gasteiger partial charge in [-0.25, -0.2) is 0 Å². The minimum atomic E-state index is -4.07. The summed E-state index contributed by atoms with van der Waals surface area (Å²) >= 11 is 0. The van der Waals surface area contributed by atoms with Gasteiger partial charge in [0.25, 0.3) is 0 Å². The van der Waals surface area contributed by atoms with Crippen LogP contribution >= 0.6 is 0 Å². The average molecular weight is 273 g/mol. The second kappa shape index (κ2) is 5.72. The Bertz CT molecular complexity index is 402. The number of ether oxygens (including phenoxy) is 1. The summed E-state index contributed by atoms with van der Waals surface area (Å²) in [6, 6.07) is 7.15. The summed E-state index contributed by atoms with van der Waals surface area (Å²) in [5.41, 5.74) is 0.841. The summed E-state index contributed by atoms with van der Waals surface area (Å²) in [6.07, 6.45) is -2.24. The number of alkyl halides is 3. The fourth-order valence-electron chi connectivity index (χ4n) is 2.54. The number of nitrogens with one attached hydrogen (secondary N) is 1. The highest BCUT2D eigenvalue weighted by molar-refractivity contribution is 5.47. The Morgan fingerprint density at radius 3 is 2.42 bits per heavy atom. The van der Waals surface area contributed by atoms with Crippen LogP contribution in [0.25, 0.3) is 0 Å². The molecule has 0 aliphatic heterocycles. The Kier molecular flexibility index (Phi) is 4.22. The number of rotatable bonds is 3. The van der Waals surface area contributed by atoms with Crippen LogP contribution in [0.15, 0.2) is 24.3 Å². The SMILES string of the molecule is COc1ccc(NC2CCCC(C(F)(F)F)C2)cc1. The average Bonchev–Trinajstić information content (AvgIpc) is 2.39. The summed E-state index contributed by atoms with van der Waals surface area (Å²) in [4.78, 5) is 0. The smallest absolute Gasteiger partial charge is 0.391 e. The molecule has 1 aliphatic rings. The molecule has 0 saturated heterocycles. The summed E-state index contributed by atoms with van der Waals surface area (Å²) in [6.45, 7) is 0. The lowest BCUT2D eigenvalue weighted by Gasteiger charge is -2.31. The van der Waals surface area contributed by atoms with Crippen LogP contribution in [-0.4, -0.2) is 19.3 Å². The molecule has 1 N–H and O–H groups in total. The summed E-state index contributed by atoms with van der Waals surface area (Å²) in [5, 5.41) is 3.18. The highest BCUT2D eigenvalue weighted by Crippen LogP contribution is 2.38. The third-order valence-corrected chi connectivity index (χ3v) is 3.60. The van der Waals surface area contributed by atoms with Crippen LogP contribution in [-0.2, 0) is 0 Å². The predicted octanol–water partition coefficient (Wildman–Crippen LogP) is 4.23. The van der Waals surface area contributed by atoms with Gasteiger partial charge in [0.1, 0.15) is 5.75 Å². The van der Waals surface area contributed by atoms with Gasteiger partial charge in [0.15, 0.2) is 0 Å². The molecule has 1 aromatic carbocycles. The monoisotopic (exact) mass is 273 g/mol. The zero-order valence-electron chi connectivity index (χ0n) is 10.8. The second-order valence-corrected chi connectivity index (χ2v) is 4.97. The van der Waals surface area contributed by atoms with Gasteiger partial charge in [0.2, 0.25) is 0 Å². The lowest BCUT2D eigenvalue weighted by atomic mass is 9.85. The maximum atomic E-state index is 12.7. The Labute approximate surface area is 111 Å². The van der Waals surface area contributed by atoms with E-state index in [-0.39, 0.29) is 18.9 Å². The number of anilines is 1. The van der Waals surface area contributed by atoms with E-state index in [0.29, 0.717) is 6.42 Å². The van der Waals surface area contributed by atoms with Crippen LogP contribution in [0.1, 0.15) is 25.7 Å². The van der Waals surface area contributed by atoms with E-state index in [1.165, 1.54) is 0 Å². The molecule has 1 saturated carbocycles. The minimum Gasteiger partial charge on any atom is -0.497 e. The zero-order chi connectivity index (χ0) is 13.9. The highest BCUT2D eigenvalue weighted by atomic mass is 19.4. The van der Waals surface area contributed by atoms with Crippen molar-refractivity contribution >= 4 is 5.69 Å². The van der Waals surface area contributed by atoms with E-state index in [9.17, 15) is 13.2 Å². The van der Waals surface area contributed by atoms with Gasteiger partial charge in [-0.1, -0.05) is 6.42 Å². The molecule has 2 nitrogen and oxygen atoms in total. The Hall–Kier alpha value is -1.39. The van der Waals surface area contributed by atoms with Crippen molar-refractivity contribution in [3.05, 3.63) is 24.3 Å². The normalized spacial score (nSPS) is 24.0. The molecule has 0 heterocycles. The molecule has 0 aromatic heterocycles. The molecule has 19 heavy (non-hydrogen) atoms. The Morgan fingerprint density at radius 1 is 1.16 bits per heavy atom. The van der Waals surface area contributed by atoms with Gasteiger partial charge in [0.05, 0.1) is 13.0 Å². The first-order valence-electron chi connectivity index (χ1n) is 6.46. The predicted molar refractivity (Wildman–Crippen MR) is 68.4 cm³/mol. The molecular weight excluding hydrogens is 255 g/mol. The number of hydrogen-bond donors (Lipinski definition) is 1. The number of hydrogen-bond acceptors (Lipinski definition) is 2. The molecular formula is C14H18F3NO. The molecule has 5 heteroatoms. The molecule has 0 radical (unpaired) electrons. The maximum absolute atomic E-state index is 12.7. The molecule has 0 bridgehead atoms. The van der Waals surface area contributed by atoms with E-state index in [1.807, 2.05) is 12.1 Å². The van der Waals surface area contributed by atoms with Crippen LogP contribution < -0.4 is 10.1 Å². The summed E-state index contributed by atoms with van der Waals surface area (Å²) < 4.78 is 43.2. The minimum absolute atomic E-state index is 0.103. The first-order valence-corrected chi connectivity index (χ1v) is 6.46. The van der Waals surface area contributed by atoms with Gasteiger partial charge in [-0.3, -0.25) is 0 Å². The lowest BCUT2D eigenvalue weighted by Crippen LogP contribution is -2.34. The van der Waals surface area contributed by atoms with E-state index in [0.717, 1.165) is 17.9 Å². The Morgan fingerprint density at radius 2 is 1.84 bits per heavy atom. The number of halogens is 3. The van der Waals surface area contributed by atoms with Gasteiger partial charge in [-0.05, 0) is 43.5 Å². The van der Waals surface area contributed by atoms with Gasteiger partial charge < -0.3 is 10.1 Å². The van der Waals surface area contributed by atoms with Crippen LogP contribution in [0, 0.1) is 5.92 Å². The topological polar surface area (TPSA) is 21.3 Å². The third-order valence-electron chi connectivity index (χ3n) is 3.60. The van der Waals surface area contributed by atoms with Crippen LogP contribution in [0.4, 0.5) is 18.9 Å².